The molecule has 0 aliphatic carbocycles. The Kier molecular flexibility index (Phi) is 3.16. The molecule has 6 heteroatoms. The average molecular weight is 249 g/mol. The van der Waals surface area contributed by atoms with Crippen molar-refractivity contribution in [3.05, 3.63) is 35.1 Å². The summed E-state index contributed by atoms with van der Waals surface area (Å²) in [6.45, 7) is 1.76. The smallest absolute Gasteiger partial charge is 0.326 e. The number of hydrogen-bond acceptors (Lipinski definition) is 5. The molecular formula is C11H11N3O2S. The van der Waals surface area contributed by atoms with E-state index in [1.54, 1.807) is 19.3 Å². The number of thiazole rings is 1. The molecule has 0 amide bonds. The number of carboxylic acid groups (broad SMARTS) is 1. The van der Waals surface area contributed by atoms with Crippen LogP contribution in [0.4, 0.5) is 0 Å². The highest BCUT2D eigenvalue weighted by Gasteiger charge is 2.21. The molecule has 0 bridgehead atoms. The summed E-state index contributed by atoms with van der Waals surface area (Å²) in [5, 5.41) is 9.64. The number of aromatic nitrogens is 2. The summed E-state index contributed by atoms with van der Waals surface area (Å²) in [5.74, 6) is -1.04. The van der Waals surface area contributed by atoms with Gasteiger partial charge < -0.3 is 10.8 Å². The number of carbonyl (C=O) groups is 1. The van der Waals surface area contributed by atoms with Gasteiger partial charge in [0.1, 0.15) is 11.0 Å². The predicted octanol–water partition coefficient (Wildman–Crippen LogP) is 1.60. The van der Waals surface area contributed by atoms with Crippen molar-refractivity contribution in [3.8, 4) is 10.6 Å². The van der Waals surface area contributed by atoms with Crippen LogP contribution in [-0.4, -0.2) is 21.0 Å². The van der Waals surface area contributed by atoms with E-state index in [0.717, 1.165) is 10.6 Å². The standard InChI is InChI=1S/C11H11N3O2S/c1-6-9(8(12)11(15)16)17-10(14-6)7-2-4-13-5-3-7/h2-5,8H,12H2,1H3,(H,15,16). The van der Waals surface area contributed by atoms with Crippen LogP contribution in [0.25, 0.3) is 10.6 Å². The molecular weight excluding hydrogens is 238 g/mol. The summed E-state index contributed by atoms with van der Waals surface area (Å²) in [6.07, 6.45) is 3.34. The molecule has 5 nitrogen and oxygen atoms in total. The molecule has 0 saturated heterocycles. The fraction of sp³-hybridized carbons (Fsp3) is 0.182. The Morgan fingerprint density at radius 1 is 1.47 bits per heavy atom. The third-order valence-corrected chi connectivity index (χ3v) is 3.60. The first-order valence-electron chi connectivity index (χ1n) is 4.95. The van der Waals surface area contributed by atoms with Gasteiger partial charge in [0.2, 0.25) is 0 Å². The fourth-order valence-corrected chi connectivity index (χ4v) is 2.49. The highest BCUT2D eigenvalue weighted by molar-refractivity contribution is 7.15. The summed E-state index contributed by atoms with van der Waals surface area (Å²) in [7, 11) is 0. The summed E-state index contributed by atoms with van der Waals surface area (Å²) in [4.78, 5) is 19.7. The van der Waals surface area contributed by atoms with E-state index in [1.165, 1.54) is 11.3 Å². The van der Waals surface area contributed by atoms with Crippen LogP contribution in [0.3, 0.4) is 0 Å². The minimum Gasteiger partial charge on any atom is -0.480 e. The third kappa shape index (κ3) is 2.32. The van der Waals surface area contributed by atoms with Crippen LogP contribution in [0.15, 0.2) is 24.5 Å². The Morgan fingerprint density at radius 3 is 2.71 bits per heavy atom. The molecule has 2 aromatic heterocycles. The molecule has 1 atom stereocenters. The Labute approximate surface area is 102 Å². The summed E-state index contributed by atoms with van der Waals surface area (Å²) < 4.78 is 0. The lowest BCUT2D eigenvalue weighted by Crippen LogP contribution is -2.20. The molecule has 17 heavy (non-hydrogen) atoms. The predicted molar refractivity (Wildman–Crippen MR) is 64.6 cm³/mol. The average Bonchev–Trinajstić information content (AvgIpc) is 2.71. The summed E-state index contributed by atoms with van der Waals surface area (Å²) in [6, 6.07) is 2.64. The minimum atomic E-state index is -1.04. The van der Waals surface area contributed by atoms with Crippen molar-refractivity contribution in [1.29, 1.82) is 0 Å². The second kappa shape index (κ2) is 4.60. The topological polar surface area (TPSA) is 89.1 Å². The first-order valence-corrected chi connectivity index (χ1v) is 5.77. The number of nitrogens with zero attached hydrogens (tertiary/aromatic N) is 2. The number of aryl methyl sites for hydroxylation is 1. The number of pyridine rings is 1. The maximum Gasteiger partial charge on any atom is 0.326 e. The highest BCUT2D eigenvalue weighted by atomic mass is 32.1. The van der Waals surface area contributed by atoms with Gasteiger partial charge in [-0.1, -0.05) is 0 Å². The lowest BCUT2D eigenvalue weighted by Gasteiger charge is -2.02. The number of aliphatic carboxylic acids is 1. The van der Waals surface area contributed by atoms with Crippen molar-refractivity contribution in [2.24, 2.45) is 5.73 Å². The molecule has 0 aliphatic heterocycles. The molecule has 0 radical (unpaired) electrons. The number of nitrogens with two attached hydrogens (primary N) is 1. The van der Waals surface area contributed by atoms with Crippen LogP contribution in [0.1, 0.15) is 16.6 Å². The lowest BCUT2D eigenvalue weighted by atomic mass is 10.2. The zero-order valence-corrected chi connectivity index (χ0v) is 9.94. The zero-order valence-electron chi connectivity index (χ0n) is 9.12. The van der Waals surface area contributed by atoms with E-state index in [0.29, 0.717) is 10.6 Å². The first kappa shape index (κ1) is 11.7. The molecule has 2 rings (SSSR count). The molecule has 88 valence electrons. The Bertz CT molecular complexity index is 539. The van der Waals surface area contributed by atoms with Crippen LogP contribution in [0, 0.1) is 6.92 Å². The van der Waals surface area contributed by atoms with Crippen LogP contribution < -0.4 is 5.73 Å². The van der Waals surface area contributed by atoms with Gasteiger partial charge >= 0.3 is 5.97 Å². The van der Waals surface area contributed by atoms with Crippen LogP contribution in [0.2, 0.25) is 0 Å². The fourth-order valence-electron chi connectivity index (χ4n) is 1.43. The second-order valence-electron chi connectivity index (χ2n) is 3.52. The van der Waals surface area contributed by atoms with Gasteiger partial charge in [0.15, 0.2) is 0 Å². The molecule has 2 heterocycles. The molecule has 0 spiro atoms. The number of rotatable bonds is 3. The van der Waals surface area contributed by atoms with E-state index in [2.05, 4.69) is 9.97 Å². The van der Waals surface area contributed by atoms with Gasteiger partial charge in [0.05, 0.1) is 10.6 Å². The van der Waals surface area contributed by atoms with E-state index in [4.69, 9.17) is 10.8 Å². The summed E-state index contributed by atoms with van der Waals surface area (Å²) in [5.41, 5.74) is 7.17. The maximum atomic E-state index is 10.8. The van der Waals surface area contributed by atoms with Gasteiger partial charge in [-0.25, -0.2) is 4.98 Å². The van der Waals surface area contributed by atoms with Crippen LogP contribution in [-0.2, 0) is 4.79 Å². The second-order valence-corrected chi connectivity index (χ2v) is 4.55. The van der Waals surface area contributed by atoms with Crippen LogP contribution in [0.5, 0.6) is 0 Å². The van der Waals surface area contributed by atoms with Crippen LogP contribution >= 0.6 is 11.3 Å². The van der Waals surface area contributed by atoms with Gasteiger partial charge in [0, 0.05) is 18.0 Å². The molecule has 1 unspecified atom stereocenters. The quantitative estimate of drug-likeness (QED) is 0.862. The van der Waals surface area contributed by atoms with Crippen molar-refractivity contribution < 1.29 is 9.90 Å². The summed E-state index contributed by atoms with van der Waals surface area (Å²) >= 11 is 1.30. The van der Waals surface area contributed by atoms with Gasteiger partial charge in [-0.2, -0.15) is 0 Å². The monoisotopic (exact) mass is 249 g/mol. The lowest BCUT2D eigenvalue weighted by molar-refractivity contribution is -0.138. The van der Waals surface area contributed by atoms with Crippen molar-refractivity contribution in [1.82, 2.24) is 9.97 Å². The Balaban J connectivity index is 2.41. The third-order valence-electron chi connectivity index (χ3n) is 2.31. The maximum absolute atomic E-state index is 10.8. The highest BCUT2D eigenvalue weighted by Crippen LogP contribution is 2.30. The van der Waals surface area contributed by atoms with Crippen molar-refractivity contribution in [2.75, 3.05) is 0 Å². The molecule has 0 fully saturated rings. The number of hydrogen-bond donors (Lipinski definition) is 2. The van der Waals surface area contributed by atoms with E-state index in [-0.39, 0.29) is 0 Å². The first-order chi connectivity index (χ1) is 8.09. The van der Waals surface area contributed by atoms with Gasteiger partial charge in [-0.3, -0.25) is 9.78 Å². The van der Waals surface area contributed by atoms with E-state index in [1.807, 2.05) is 12.1 Å². The molecule has 3 N–H and O–H groups in total. The van der Waals surface area contributed by atoms with Crippen molar-refractivity contribution in [2.45, 2.75) is 13.0 Å². The zero-order chi connectivity index (χ0) is 12.4. The Hall–Kier alpha value is -1.79. The van der Waals surface area contributed by atoms with E-state index >= 15 is 0 Å². The van der Waals surface area contributed by atoms with Gasteiger partial charge in [-0.05, 0) is 19.1 Å². The SMILES string of the molecule is Cc1nc(-c2ccncc2)sc1C(N)C(=O)O. The Morgan fingerprint density at radius 2 is 2.12 bits per heavy atom. The number of carboxylic acids is 1. The molecule has 2 aromatic rings. The van der Waals surface area contributed by atoms with Gasteiger partial charge in [0.25, 0.3) is 0 Å². The van der Waals surface area contributed by atoms with Gasteiger partial charge in [-0.15, -0.1) is 11.3 Å². The van der Waals surface area contributed by atoms with Crippen molar-refractivity contribution >= 4 is 17.3 Å². The van der Waals surface area contributed by atoms with E-state index in [9.17, 15) is 4.79 Å². The molecule has 0 aliphatic rings. The minimum absolute atomic E-state index is 0.587. The normalized spacial score (nSPS) is 12.4. The molecule has 0 saturated carbocycles. The van der Waals surface area contributed by atoms with E-state index < -0.39 is 12.0 Å². The largest absolute Gasteiger partial charge is 0.480 e. The molecule has 0 aromatic carbocycles. The van der Waals surface area contributed by atoms with Crippen molar-refractivity contribution in [3.63, 3.8) is 0 Å².